The third-order valence-electron chi connectivity index (χ3n) is 5.15. The Kier molecular flexibility index (Phi) is 4.39. The molecule has 2 heterocycles. The molecule has 1 aliphatic heterocycles. The van der Waals surface area contributed by atoms with E-state index in [0.29, 0.717) is 5.56 Å². The SMILES string of the molecule is CC(=O)c1ccc2c(c1)ncn2-c1cccc(N2CCN(C(C)=O)CC2)c1. The molecule has 3 aromatic rings. The monoisotopic (exact) mass is 362 g/mol. The Balaban J connectivity index is 1.62. The molecule has 1 aliphatic rings. The second-order valence-corrected chi connectivity index (χ2v) is 6.89. The van der Waals surface area contributed by atoms with Gasteiger partial charge in [-0.2, -0.15) is 0 Å². The standard InChI is InChI=1S/C21H22N4O2/c1-15(26)17-6-7-21-20(12-17)22-14-25(21)19-5-3-4-18(13-19)24-10-8-23(9-11-24)16(2)27/h3-7,12-14H,8-11H2,1-2H3. The van der Waals surface area contributed by atoms with Crippen LogP contribution < -0.4 is 4.90 Å². The summed E-state index contributed by atoms with van der Waals surface area (Å²) in [4.78, 5) is 31.8. The molecule has 0 bridgehead atoms. The van der Waals surface area contributed by atoms with Crippen LogP contribution in [0.25, 0.3) is 16.7 Å². The molecule has 0 radical (unpaired) electrons. The zero-order chi connectivity index (χ0) is 19.0. The van der Waals surface area contributed by atoms with Gasteiger partial charge in [0.2, 0.25) is 5.91 Å². The minimum Gasteiger partial charge on any atom is -0.368 e. The Morgan fingerprint density at radius 3 is 2.37 bits per heavy atom. The molecule has 1 amide bonds. The van der Waals surface area contributed by atoms with Gasteiger partial charge in [0.15, 0.2) is 5.78 Å². The first-order valence-corrected chi connectivity index (χ1v) is 9.12. The molecule has 0 unspecified atom stereocenters. The number of aromatic nitrogens is 2. The summed E-state index contributed by atoms with van der Waals surface area (Å²) in [5, 5.41) is 0. The lowest BCUT2D eigenvalue weighted by atomic mass is 10.1. The van der Waals surface area contributed by atoms with Crippen molar-refractivity contribution in [3.8, 4) is 5.69 Å². The Hall–Kier alpha value is -3.15. The molecule has 6 nitrogen and oxygen atoms in total. The topological polar surface area (TPSA) is 58.4 Å². The number of nitrogens with zero attached hydrogens (tertiary/aromatic N) is 4. The first-order chi connectivity index (χ1) is 13.0. The molecule has 1 saturated heterocycles. The third kappa shape index (κ3) is 3.30. The summed E-state index contributed by atoms with van der Waals surface area (Å²) in [6, 6.07) is 13.9. The summed E-state index contributed by atoms with van der Waals surface area (Å²) >= 11 is 0. The zero-order valence-corrected chi connectivity index (χ0v) is 15.6. The Bertz CT molecular complexity index is 1020. The summed E-state index contributed by atoms with van der Waals surface area (Å²) in [6.07, 6.45) is 1.79. The maximum atomic E-state index is 11.6. The molecule has 4 rings (SSSR count). The van der Waals surface area contributed by atoms with Crippen molar-refractivity contribution in [2.75, 3.05) is 31.1 Å². The van der Waals surface area contributed by atoms with Gasteiger partial charge in [-0.3, -0.25) is 14.2 Å². The average Bonchev–Trinajstić information content (AvgIpc) is 3.11. The van der Waals surface area contributed by atoms with Gasteiger partial charge in [0, 0.05) is 50.0 Å². The van der Waals surface area contributed by atoms with Gasteiger partial charge in [-0.05, 0) is 43.3 Å². The Labute approximate surface area is 158 Å². The van der Waals surface area contributed by atoms with E-state index in [4.69, 9.17) is 0 Å². The van der Waals surface area contributed by atoms with Gasteiger partial charge in [0.1, 0.15) is 6.33 Å². The molecule has 0 aliphatic carbocycles. The van der Waals surface area contributed by atoms with Gasteiger partial charge in [-0.25, -0.2) is 4.98 Å². The van der Waals surface area contributed by atoms with E-state index in [2.05, 4.69) is 28.1 Å². The lowest BCUT2D eigenvalue weighted by Gasteiger charge is -2.35. The number of hydrogen-bond acceptors (Lipinski definition) is 4. The number of ketones is 1. The van der Waals surface area contributed by atoms with Gasteiger partial charge in [-0.1, -0.05) is 6.07 Å². The van der Waals surface area contributed by atoms with Crippen LogP contribution in [0.4, 0.5) is 5.69 Å². The number of rotatable bonds is 3. The van der Waals surface area contributed by atoms with Gasteiger partial charge >= 0.3 is 0 Å². The zero-order valence-electron chi connectivity index (χ0n) is 15.6. The fraction of sp³-hybridized carbons (Fsp3) is 0.286. The highest BCUT2D eigenvalue weighted by Gasteiger charge is 2.19. The predicted octanol–water partition coefficient (Wildman–Crippen LogP) is 2.90. The molecule has 138 valence electrons. The first-order valence-electron chi connectivity index (χ1n) is 9.12. The summed E-state index contributed by atoms with van der Waals surface area (Å²) < 4.78 is 2.04. The van der Waals surface area contributed by atoms with Crippen LogP contribution in [0.5, 0.6) is 0 Å². The quantitative estimate of drug-likeness (QED) is 0.672. The van der Waals surface area contributed by atoms with Crippen molar-refractivity contribution < 1.29 is 9.59 Å². The number of anilines is 1. The average molecular weight is 362 g/mol. The first kappa shape index (κ1) is 17.3. The number of carbonyl (C=O) groups excluding carboxylic acids is 2. The molecular formula is C21H22N4O2. The molecule has 6 heteroatoms. The molecule has 1 fully saturated rings. The number of fused-ring (bicyclic) bond motifs is 1. The second kappa shape index (κ2) is 6.87. The fourth-order valence-corrected chi connectivity index (χ4v) is 3.56. The number of carbonyl (C=O) groups is 2. The molecule has 0 N–H and O–H groups in total. The summed E-state index contributed by atoms with van der Waals surface area (Å²) in [6.45, 7) is 6.35. The van der Waals surface area contributed by atoms with Crippen molar-refractivity contribution in [3.63, 3.8) is 0 Å². The van der Waals surface area contributed by atoms with Crippen LogP contribution in [-0.2, 0) is 4.79 Å². The normalized spacial score (nSPS) is 14.6. The van der Waals surface area contributed by atoms with E-state index in [1.807, 2.05) is 33.7 Å². The molecule has 2 aromatic carbocycles. The number of amides is 1. The fourth-order valence-electron chi connectivity index (χ4n) is 3.56. The van der Waals surface area contributed by atoms with E-state index in [0.717, 1.165) is 48.6 Å². The van der Waals surface area contributed by atoms with Crippen LogP contribution in [0.15, 0.2) is 48.8 Å². The largest absolute Gasteiger partial charge is 0.368 e. The molecule has 0 atom stereocenters. The second-order valence-electron chi connectivity index (χ2n) is 6.89. The number of piperazine rings is 1. The molecule has 0 saturated carbocycles. The van der Waals surface area contributed by atoms with Gasteiger partial charge in [0.25, 0.3) is 0 Å². The van der Waals surface area contributed by atoms with E-state index < -0.39 is 0 Å². The number of benzene rings is 2. The van der Waals surface area contributed by atoms with Crippen molar-refractivity contribution in [3.05, 3.63) is 54.4 Å². The highest BCUT2D eigenvalue weighted by atomic mass is 16.2. The highest BCUT2D eigenvalue weighted by molar-refractivity contribution is 5.97. The summed E-state index contributed by atoms with van der Waals surface area (Å²) in [5.74, 6) is 0.177. The van der Waals surface area contributed by atoms with Crippen LogP contribution in [-0.4, -0.2) is 52.3 Å². The lowest BCUT2D eigenvalue weighted by Crippen LogP contribution is -2.48. The minimum absolute atomic E-state index is 0.0400. The number of hydrogen-bond donors (Lipinski definition) is 0. The molecule has 0 spiro atoms. The number of imidazole rings is 1. The van der Waals surface area contributed by atoms with Crippen molar-refractivity contribution >= 4 is 28.4 Å². The van der Waals surface area contributed by atoms with Gasteiger partial charge < -0.3 is 9.80 Å². The van der Waals surface area contributed by atoms with E-state index >= 15 is 0 Å². The summed E-state index contributed by atoms with van der Waals surface area (Å²) in [5.41, 5.74) is 4.61. The maximum absolute atomic E-state index is 11.6. The van der Waals surface area contributed by atoms with Crippen molar-refractivity contribution in [2.45, 2.75) is 13.8 Å². The maximum Gasteiger partial charge on any atom is 0.219 e. The van der Waals surface area contributed by atoms with Crippen LogP contribution >= 0.6 is 0 Å². The van der Waals surface area contributed by atoms with Gasteiger partial charge in [0.05, 0.1) is 11.0 Å². The van der Waals surface area contributed by atoms with Crippen LogP contribution in [0, 0.1) is 0 Å². The third-order valence-corrected chi connectivity index (χ3v) is 5.15. The Morgan fingerprint density at radius 2 is 1.67 bits per heavy atom. The molecular weight excluding hydrogens is 340 g/mol. The van der Waals surface area contributed by atoms with Crippen molar-refractivity contribution in [1.29, 1.82) is 0 Å². The van der Waals surface area contributed by atoms with Crippen molar-refractivity contribution in [2.24, 2.45) is 0 Å². The highest BCUT2D eigenvalue weighted by Crippen LogP contribution is 2.24. The number of Topliss-reactive ketones (excluding diaryl/α,β-unsaturated/α-hetero) is 1. The smallest absolute Gasteiger partial charge is 0.219 e. The van der Waals surface area contributed by atoms with Crippen LogP contribution in [0.3, 0.4) is 0 Å². The van der Waals surface area contributed by atoms with E-state index in [9.17, 15) is 9.59 Å². The Morgan fingerprint density at radius 1 is 0.926 bits per heavy atom. The minimum atomic E-state index is 0.0400. The summed E-state index contributed by atoms with van der Waals surface area (Å²) in [7, 11) is 0. The van der Waals surface area contributed by atoms with E-state index in [-0.39, 0.29) is 11.7 Å². The van der Waals surface area contributed by atoms with E-state index in [1.54, 1.807) is 20.2 Å². The van der Waals surface area contributed by atoms with Gasteiger partial charge in [-0.15, -0.1) is 0 Å². The van der Waals surface area contributed by atoms with E-state index in [1.165, 1.54) is 0 Å². The molecule has 1 aromatic heterocycles. The van der Waals surface area contributed by atoms with Crippen LogP contribution in [0.2, 0.25) is 0 Å². The van der Waals surface area contributed by atoms with Crippen molar-refractivity contribution in [1.82, 2.24) is 14.5 Å². The lowest BCUT2D eigenvalue weighted by molar-refractivity contribution is -0.129. The predicted molar refractivity (Wildman–Crippen MR) is 106 cm³/mol. The molecule has 27 heavy (non-hydrogen) atoms. The van der Waals surface area contributed by atoms with Crippen LogP contribution in [0.1, 0.15) is 24.2 Å².